The molecule has 0 heterocycles. The minimum atomic E-state index is -1.06. The van der Waals surface area contributed by atoms with Gasteiger partial charge in [0, 0.05) is 24.1 Å². The molecule has 0 aromatic heterocycles. The van der Waals surface area contributed by atoms with Gasteiger partial charge in [-0.3, -0.25) is 9.59 Å². The molecule has 3 aromatic carbocycles. The van der Waals surface area contributed by atoms with Crippen LogP contribution in [0.2, 0.25) is 0 Å². The van der Waals surface area contributed by atoms with E-state index in [-0.39, 0.29) is 19.0 Å². The van der Waals surface area contributed by atoms with E-state index in [4.69, 9.17) is 5.11 Å². The molecule has 9 heteroatoms. The average Bonchev–Trinajstić information content (AvgIpc) is 2.90. The number of nitrogens with zero attached hydrogens (tertiary/aromatic N) is 2. The van der Waals surface area contributed by atoms with Crippen molar-refractivity contribution >= 4 is 34.9 Å². The predicted octanol–water partition coefficient (Wildman–Crippen LogP) is 2.53. The van der Waals surface area contributed by atoms with Crippen LogP contribution in [0.15, 0.2) is 84.9 Å². The van der Waals surface area contributed by atoms with Crippen molar-refractivity contribution in [3.8, 4) is 0 Å². The number of amides is 4. The first-order valence-electron chi connectivity index (χ1n) is 11.0. The summed E-state index contributed by atoms with van der Waals surface area (Å²) in [5.41, 5.74) is 2.06. The van der Waals surface area contributed by atoms with Crippen molar-refractivity contribution in [2.45, 2.75) is 6.10 Å². The lowest BCUT2D eigenvalue weighted by Gasteiger charge is -2.25. The Morgan fingerprint density at radius 2 is 1.49 bits per heavy atom. The molecule has 1 atom stereocenters. The average molecular weight is 477 g/mol. The summed E-state index contributed by atoms with van der Waals surface area (Å²) in [7, 11) is 1.64. The summed E-state index contributed by atoms with van der Waals surface area (Å²) in [5.74, 6) is -0.761. The lowest BCUT2D eigenvalue weighted by molar-refractivity contribution is -0.121. The van der Waals surface area contributed by atoms with Gasteiger partial charge < -0.3 is 30.6 Å². The van der Waals surface area contributed by atoms with Crippen LogP contribution in [0.3, 0.4) is 0 Å². The second-order valence-electron chi connectivity index (χ2n) is 7.74. The third kappa shape index (κ3) is 7.13. The highest BCUT2D eigenvalue weighted by Gasteiger charge is 2.22. The maximum Gasteiger partial charge on any atom is 0.319 e. The van der Waals surface area contributed by atoms with Crippen molar-refractivity contribution in [2.24, 2.45) is 0 Å². The third-order valence-electron chi connectivity index (χ3n) is 5.28. The van der Waals surface area contributed by atoms with Crippen molar-refractivity contribution in [2.75, 3.05) is 41.9 Å². The molecule has 0 saturated heterocycles. The van der Waals surface area contributed by atoms with Gasteiger partial charge in [0.15, 0.2) is 0 Å². The number of carbonyl (C=O) groups excluding carboxylic acids is 3. The number of benzene rings is 3. The third-order valence-corrected chi connectivity index (χ3v) is 5.28. The van der Waals surface area contributed by atoms with Gasteiger partial charge in [-0.2, -0.15) is 0 Å². The molecule has 4 N–H and O–H groups in total. The summed E-state index contributed by atoms with van der Waals surface area (Å²) in [6.07, 6.45) is -1.06. The van der Waals surface area contributed by atoms with E-state index in [1.54, 1.807) is 67.7 Å². The Balaban J connectivity index is 1.65. The van der Waals surface area contributed by atoms with E-state index in [2.05, 4.69) is 10.6 Å². The highest BCUT2D eigenvalue weighted by atomic mass is 16.3. The van der Waals surface area contributed by atoms with Gasteiger partial charge >= 0.3 is 6.03 Å². The Hall–Kier alpha value is -4.21. The smallest absolute Gasteiger partial charge is 0.319 e. The van der Waals surface area contributed by atoms with Crippen LogP contribution in [0.5, 0.6) is 0 Å². The monoisotopic (exact) mass is 476 g/mol. The molecule has 182 valence electrons. The zero-order valence-corrected chi connectivity index (χ0v) is 19.3. The van der Waals surface area contributed by atoms with Crippen LogP contribution in [-0.2, 0) is 9.59 Å². The molecule has 0 aliphatic heterocycles. The first-order valence-corrected chi connectivity index (χ1v) is 11.0. The molecular formula is C26H28N4O5. The number of carbonyl (C=O) groups is 3. The summed E-state index contributed by atoms with van der Waals surface area (Å²) in [6.45, 7) is -1.00. The summed E-state index contributed by atoms with van der Waals surface area (Å²) in [6, 6.07) is 23.6. The number of para-hydroxylation sites is 2. The maximum atomic E-state index is 13.0. The van der Waals surface area contributed by atoms with E-state index in [1.807, 2.05) is 18.2 Å². The number of anilines is 3. The molecule has 3 rings (SSSR count). The number of rotatable bonds is 9. The van der Waals surface area contributed by atoms with Gasteiger partial charge in [0.1, 0.15) is 12.6 Å². The standard InChI is InChI=1S/C26H28N4O5/c1-29(21-11-4-2-5-12-21)25(34)17-30(22-13-6-3-7-14-22)24(33)16-27-26(35)28-20-10-8-9-19(15-20)23(32)18-31/h2-15,23,31-32H,16-18H2,1H3,(H2,27,28,35). The van der Waals surface area contributed by atoms with Crippen LogP contribution in [0.25, 0.3) is 0 Å². The van der Waals surface area contributed by atoms with Gasteiger partial charge in [0.05, 0.1) is 13.2 Å². The zero-order chi connectivity index (χ0) is 25.2. The molecule has 0 fully saturated rings. The molecule has 0 saturated carbocycles. The first kappa shape index (κ1) is 25.4. The fraction of sp³-hybridized carbons (Fsp3) is 0.192. The Kier molecular flexibility index (Phi) is 8.94. The molecule has 9 nitrogen and oxygen atoms in total. The molecule has 0 aliphatic rings. The van der Waals surface area contributed by atoms with Gasteiger partial charge in [0.25, 0.3) is 0 Å². The van der Waals surface area contributed by atoms with Gasteiger partial charge in [-0.15, -0.1) is 0 Å². The van der Waals surface area contributed by atoms with Crippen LogP contribution in [0, 0.1) is 0 Å². The molecule has 0 radical (unpaired) electrons. The van der Waals surface area contributed by atoms with Gasteiger partial charge in [-0.1, -0.05) is 48.5 Å². The summed E-state index contributed by atoms with van der Waals surface area (Å²) in [5, 5.41) is 23.9. The zero-order valence-electron chi connectivity index (χ0n) is 19.3. The van der Waals surface area contributed by atoms with Crippen molar-refractivity contribution < 1.29 is 24.6 Å². The molecule has 0 spiro atoms. The van der Waals surface area contributed by atoms with Gasteiger partial charge in [-0.25, -0.2) is 4.79 Å². The topological polar surface area (TPSA) is 122 Å². The lowest BCUT2D eigenvalue weighted by atomic mass is 10.1. The van der Waals surface area contributed by atoms with E-state index in [9.17, 15) is 19.5 Å². The van der Waals surface area contributed by atoms with Crippen LogP contribution >= 0.6 is 0 Å². The van der Waals surface area contributed by atoms with Crippen LogP contribution in [0.1, 0.15) is 11.7 Å². The van der Waals surface area contributed by atoms with E-state index in [0.717, 1.165) is 0 Å². The quantitative estimate of drug-likeness (QED) is 0.378. The van der Waals surface area contributed by atoms with Crippen LogP contribution in [-0.4, -0.2) is 54.8 Å². The second-order valence-corrected chi connectivity index (χ2v) is 7.74. The number of hydrogen-bond acceptors (Lipinski definition) is 5. The van der Waals surface area contributed by atoms with E-state index in [0.29, 0.717) is 22.6 Å². The number of hydrogen-bond donors (Lipinski definition) is 4. The summed E-state index contributed by atoms with van der Waals surface area (Å²) >= 11 is 0. The number of likely N-dealkylation sites (N-methyl/N-ethyl adjacent to an activating group) is 1. The highest BCUT2D eigenvalue weighted by Crippen LogP contribution is 2.18. The molecule has 4 amide bonds. The predicted molar refractivity (Wildman–Crippen MR) is 134 cm³/mol. The molecule has 0 aliphatic carbocycles. The summed E-state index contributed by atoms with van der Waals surface area (Å²) in [4.78, 5) is 41.1. The van der Waals surface area contributed by atoms with E-state index < -0.39 is 24.6 Å². The Morgan fingerprint density at radius 3 is 2.11 bits per heavy atom. The highest BCUT2D eigenvalue weighted by molar-refractivity contribution is 6.05. The Bertz CT molecular complexity index is 1140. The molecule has 1 unspecified atom stereocenters. The largest absolute Gasteiger partial charge is 0.393 e. The number of aliphatic hydroxyl groups excluding tert-OH is 2. The molecule has 3 aromatic rings. The van der Waals surface area contributed by atoms with Gasteiger partial charge in [0.2, 0.25) is 11.8 Å². The lowest BCUT2D eigenvalue weighted by Crippen LogP contribution is -2.46. The molecule has 35 heavy (non-hydrogen) atoms. The Morgan fingerprint density at radius 1 is 0.857 bits per heavy atom. The maximum absolute atomic E-state index is 13.0. The van der Waals surface area contributed by atoms with Crippen molar-refractivity contribution in [1.29, 1.82) is 0 Å². The molecular weight excluding hydrogens is 448 g/mol. The van der Waals surface area contributed by atoms with Gasteiger partial charge in [-0.05, 0) is 42.0 Å². The minimum Gasteiger partial charge on any atom is -0.393 e. The van der Waals surface area contributed by atoms with Crippen LogP contribution in [0.4, 0.5) is 21.9 Å². The number of urea groups is 1. The van der Waals surface area contributed by atoms with Crippen molar-refractivity contribution in [1.82, 2.24) is 5.32 Å². The summed E-state index contributed by atoms with van der Waals surface area (Å²) < 4.78 is 0. The normalized spacial score (nSPS) is 11.3. The fourth-order valence-electron chi connectivity index (χ4n) is 3.32. The SMILES string of the molecule is CN(C(=O)CN(C(=O)CNC(=O)Nc1cccc(C(O)CO)c1)c1ccccc1)c1ccccc1. The Labute approximate surface area is 203 Å². The minimum absolute atomic E-state index is 0.210. The van der Waals surface area contributed by atoms with E-state index in [1.165, 1.54) is 15.9 Å². The van der Waals surface area contributed by atoms with E-state index >= 15 is 0 Å². The number of aliphatic hydroxyl groups is 2. The van der Waals surface area contributed by atoms with Crippen LogP contribution < -0.4 is 20.4 Å². The number of nitrogens with one attached hydrogen (secondary N) is 2. The van der Waals surface area contributed by atoms with Crippen molar-refractivity contribution in [3.05, 3.63) is 90.5 Å². The molecule has 0 bridgehead atoms. The second kappa shape index (κ2) is 12.3. The first-order chi connectivity index (χ1) is 16.9. The fourth-order valence-corrected chi connectivity index (χ4v) is 3.32. The van der Waals surface area contributed by atoms with Crippen molar-refractivity contribution in [3.63, 3.8) is 0 Å².